The highest BCUT2D eigenvalue weighted by Gasteiger charge is 2.18. The second kappa shape index (κ2) is 6.02. The molecule has 6 heteroatoms. The van der Waals surface area contributed by atoms with Crippen LogP contribution in [0.3, 0.4) is 0 Å². The van der Waals surface area contributed by atoms with Crippen LogP contribution in [0.15, 0.2) is 18.2 Å². The molecule has 18 heavy (non-hydrogen) atoms. The number of hydrogen-bond acceptors (Lipinski definition) is 4. The third kappa shape index (κ3) is 3.46. The summed E-state index contributed by atoms with van der Waals surface area (Å²) in [5.74, 6) is -1.41. The van der Waals surface area contributed by atoms with Crippen molar-refractivity contribution in [1.29, 1.82) is 0 Å². The Morgan fingerprint density at radius 3 is 2.61 bits per heavy atom. The number of aromatic hydroxyl groups is 1. The maximum absolute atomic E-state index is 11.6. The predicted octanol–water partition coefficient (Wildman–Crippen LogP) is 0.0898. The molecule has 0 aliphatic heterocycles. The molecule has 1 rings (SSSR count). The Morgan fingerprint density at radius 2 is 2.06 bits per heavy atom. The second-order valence-corrected chi connectivity index (χ2v) is 3.90. The number of phenols is 1. The van der Waals surface area contributed by atoms with Gasteiger partial charge in [0.2, 0.25) is 0 Å². The molecule has 0 saturated carbocycles. The first-order valence-electron chi connectivity index (χ1n) is 5.42. The molecule has 0 spiro atoms. The van der Waals surface area contributed by atoms with Gasteiger partial charge in [0.05, 0.1) is 6.61 Å². The molecule has 1 aromatic carbocycles. The number of amides is 2. The number of rotatable bonds is 3. The number of aryl methyl sites for hydroxylation is 1. The van der Waals surface area contributed by atoms with Crippen molar-refractivity contribution in [2.45, 2.75) is 6.92 Å². The van der Waals surface area contributed by atoms with Gasteiger partial charge in [0.15, 0.2) is 0 Å². The van der Waals surface area contributed by atoms with Gasteiger partial charge in [0, 0.05) is 19.3 Å². The van der Waals surface area contributed by atoms with Crippen molar-refractivity contribution in [3.05, 3.63) is 23.8 Å². The average molecular weight is 252 g/mol. The van der Waals surface area contributed by atoms with Gasteiger partial charge < -0.3 is 20.4 Å². The number of anilines is 1. The molecule has 1 aromatic rings. The van der Waals surface area contributed by atoms with E-state index in [0.29, 0.717) is 11.3 Å². The Kier molecular flexibility index (Phi) is 4.67. The van der Waals surface area contributed by atoms with Gasteiger partial charge in [0.1, 0.15) is 5.75 Å². The van der Waals surface area contributed by atoms with Crippen LogP contribution in [0.25, 0.3) is 0 Å². The zero-order chi connectivity index (χ0) is 13.7. The summed E-state index contributed by atoms with van der Waals surface area (Å²) in [5, 5.41) is 20.4. The van der Waals surface area contributed by atoms with Gasteiger partial charge in [-0.2, -0.15) is 0 Å². The van der Waals surface area contributed by atoms with Crippen LogP contribution in [0.4, 0.5) is 5.69 Å². The maximum Gasteiger partial charge on any atom is 0.313 e. The molecule has 98 valence electrons. The fraction of sp³-hybridized carbons (Fsp3) is 0.333. The topological polar surface area (TPSA) is 89.9 Å². The zero-order valence-electron chi connectivity index (χ0n) is 10.3. The largest absolute Gasteiger partial charge is 0.508 e. The number of carbonyl (C=O) groups is 2. The Hall–Kier alpha value is -2.08. The molecule has 0 aliphatic rings. The van der Waals surface area contributed by atoms with Crippen molar-refractivity contribution in [3.63, 3.8) is 0 Å². The molecule has 0 fully saturated rings. The number of nitrogens with one attached hydrogen (secondary N) is 1. The zero-order valence-corrected chi connectivity index (χ0v) is 10.3. The summed E-state index contributed by atoms with van der Waals surface area (Å²) in [6.45, 7) is 1.60. The molecule has 3 N–H and O–H groups in total. The molecular formula is C12H16N2O4. The second-order valence-electron chi connectivity index (χ2n) is 3.90. The minimum Gasteiger partial charge on any atom is -0.508 e. The van der Waals surface area contributed by atoms with E-state index in [1.165, 1.54) is 25.2 Å². The highest BCUT2D eigenvalue weighted by atomic mass is 16.3. The van der Waals surface area contributed by atoms with E-state index in [1.807, 2.05) is 0 Å². The van der Waals surface area contributed by atoms with Gasteiger partial charge in [-0.15, -0.1) is 0 Å². The number of nitrogens with zero attached hydrogens (tertiary/aromatic N) is 1. The van der Waals surface area contributed by atoms with Crippen LogP contribution in [0, 0.1) is 6.92 Å². The SMILES string of the molecule is Cc1cc(O)ccc1NC(=O)C(=O)N(C)CCO. The summed E-state index contributed by atoms with van der Waals surface area (Å²) in [7, 11) is 1.43. The molecule has 0 heterocycles. The maximum atomic E-state index is 11.6. The first-order valence-corrected chi connectivity index (χ1v) is 5.42. The van der Waals surface area contributed by atoms with Gasteiger partial charge in [-0.25, -0.2) is 0 Å². The first kappa shape index (κ1) is 14.0. The Morgan fingerprint density at radius 1 is 1.39 bits per heavy atom. The molecule has 0 atom stereocenters. The van der Waals surface area contributed by atoms with Gasteiger partial charge >= 0.3 is 11.8 Å². The predicted molar refractivity (Wildman–Crippen MR) is 66.2 cm³/mol. The summed E-state index contributed by atoms with van der Waals surface area (Å²) < 4.78 is 0. The molecule has 0 saturated heterocycles. The van der Waals surface area contributed by atoms with Crippen molar-refractivity contribution in [3.8, 4) is 5.75 Å². The number of hydrogen-bond donors (Lipinski definition) is 3. The molecule has 0 aromatic heterocycles. The van der Waals surface area contributed by atoms with E-state index in [4.69, 9.17) is 5.11 Å². The van der Waals surface area contributed by atoms with Crippen molar-refractivity contribution in [1.82, 2.24) is 4.90 Å². The summed E-state index contributed by atoms with van der Waals surface area (Å²) >= 11 is 0. The van der Waals surface area contributed by atoms with Gasteiger partial charge in [-0.3, -0.25) is 9.59 Å². The van der Waals surface area contributed by atoms with Crippen LogP contribution in [0.2, 0.25) is 0 Å². The van der Waals surface area contributed by atoms with Gasteiger partial charge in [-0.1, -0.05) is 0 Å². The molecular weight excluding hydrogens is 236 g/mol. The Bertz CT molecular complexity index is 459. The third-order valence-corrected chi connectivity index (χ3v) is 2.43. The molecule has 6 nitrogen and oxygen atoms in total. The molecule has 0 radical (unpaired) electrons. The quantitative estimate of drug-likeness (QED) is 0.525. The lowest BCUT2D eigenvalue weighted by atomic mass is 10.2. The normalized spacial score (nSPS) is 9.94. The van der Waals surface area contributed by atoms with Crippen molar-refractivity contribution < 1.29 is 19.8 Å². The number of aliphatic hydroxyl groups excluding tert-OH is 1. The standard InChI is InChI=1S/C12H16N2O4/c1-8-7-9(16)3-4-10(8)13-11(17)12(18)14(2)5-6-15/h3-4,7,15-16H,5-6H2,1-2H3,(H,13,17). The van der Waals surface area contributed by atoms with Crippen molar-refractivity contribution in [2.24, 2.45) is 0 Å². The minimum atomic E-state index is -0.778. The fourth-order valence-electron chi connectivity index (χ4n) is 1.39. The molecule has 0 unspecified atom stereocenters. The number of aliphatic hydroxyl groups is 1. The minimum absolute atomic E-state index is 0.0919. The van der Waals surface area contributed by atoms with E-state index in [9.17, 15) is 14.7 Å². The Balaban J connectivity index is 2.72. The van der Waals surface area contributed by atoms with E-state index in [1.54, 1.807) is 6.92 Å². The lowest BCUT2D eigenvalue weighted by Crippen LogP contribution is -2.38. The Labute approximate surface area is 105 Å². The van der Waals surface area contributed by atoms with E-state index in [0.717, 1.165) is 4.90 Å². The van der Waals surface area contributed by atoms with E-state index in [-0.39, 0.29) is 18.9 Å². The molecule has 2 amide bonds. The number of phenolic OH excluding ortho intramolecular Hbond substituents is 1. The third-order valence-electron chi connectivity index (χ3n) is 2.43. The summed E-state index contributed by atoms with van der Waals surface area (Å²) in [6, 6.07) is 4.42. The van der Waals surface area contributed by atoms with Crippen LogP contribution >= 0.6 is 0 Å². The van der Waals surface area contributed by atoms with Gasteiger partial charge in [-0.05, 0) is 30.7 Å². The lowest BCUT2D eigenvalue weighted by molar-refractivity contribution is -0.142. The fourth-order valence-corrected chi connectivity index (χ4v) is 1.39. The number of benzene rings is 1. The van der Waals surface area contributed by atoms with Crippen LogP contribution < -0.4 is 5.32 Å². The van der Waals surface area contributed by atoms with Crippen molar-refractivity contribution >= 4 is 17.5 Å². The lowest BCUT2D eigenvalue weighted by Gasteiger charge is -2.15. The van der Waals surface area contributed by atoms with Gasteiger partial charge in [0.25, 0.3) is 0 Å². The highest BCUT2D eigenvalue weighted by Crippen LogP contribution is 2.19. The van der Waals surface area contributed by atoms with Crippen LogP contribution in [-0.2, 0) is 9.59 Å². The summed E-state index contributed by atoms with van der Waals surface area (Å²) in [5.41, 5.74) is 1.12. The summed E-state index contributed by atoms with van der Waals surface area (Å²) in [6.07, 6.45) is 0. The smallest absolute Gasteiger partial charge is 0.313 e. The highest BCUT2D eigenvalue weighted by molar-refractivity contribution is 6.39. The average Bonchev–Trinajstić information content (AvgIpc) is 2.32. The van der Waals surface area contributed by atoms with E-state index < -0.39 is 11.8 Å². The first-order chi connectivity index (χ1) is 8.45. The molecule has 0 bridgehead atoms. The van der Waals surface area contributed by atoms with E-state index in [2.05, 4.69) is 5.32 Å². The van der Waals surface area contributed by atoms with Crippen LogP contribution in [0.1, 0.15) is 5.56 Å². The molecule has 0 aliphatic carbocycles. The summed E-state index contributed by atoms with van der Waals surface area (Å²) in [4.78, 5) is 24.3. The van der Waals surface area contributed by atoms with Crippen molar-refractivity contribution in [2.75, 3.05) is 25.5 Å². The number of likely N-dealkylation sites (N-methyl/N-ethyl adjacent to an activating group) is 1. The monoisotopic (exact) mass is 252 g/mol. The van der Waals surface area contributed by atoms with Crippen LogP contribution in [0.5, 0.6) is 5.75 Å². The number of carbonyl (C=O) groups excluding carboxylic acids is 2. The van der Waals surface area contributed by atoms with E-state index >= 15 is 0 Å². The van der Waals surface area contributed by atoms with Crippen LogP contribution in [-0.4, -0.2) is 47.1 Å².